The highest BCUT2D eigenvalue weighted by molar-refractivity contribution is 9.10. The van der Waals surface area contributed by atoms with Crippen molar-refractivity contribution >= 4 is 21.6 Å². The Bertz CT molecular complexity index is 386. The van der Waals surface area contributed by atoms with Gasteiger partial charge in [0.25, 0.3) is 0 Å². The molecule has 2 rings (SSSR count). The second-order valence-corrected chi connectivity index (χ2v) is 6.15. The first-order chi connectivity index (χ1) is 8.06. The van der Waals surface area contributed by atoms with Crippen molar-refractivity contribution < 1.29 is 0 Å². The second-order valence-electron chi connectivity index (χ2n) is 5.29. The molecule has 1 aromatic rings. The number of nitrogens with zero attached hydrogens (tertiary/aromatic N) is 1. The maximum Gasteiger partial charge on any atom is 0.0508 e. The maximum absolute atomic E-state index is 5.82. The van der Waals surface area contributed by atoms with Crippen LogP contribution in [0.2, 0.25) is 0 Å². The predicted molar refractivity (Wildman–Crippen MR) is 77.5 cm³/mol. The highest BCUT2D eigenvalue weighted by atomic mass is 79.9. The van der Waals surface area contributed by atoms with E-state index in [-0.39, 0.29) is 6.04 Å². The third kappa shape index (κ3) is 3.71. The van der Waals surface area contributed by atoms with Crippen LogP contribution >= 0.6 is 15.9 Å². The van der Waals surface area contributed by atoms with Gasteiger partial charge in [-0.25, -0.2) is 0 Å². The maximum atomic E-state index is 5.82. The monoisotopic (exact) mass is 296 g/mol. The van der Waals surface area contributed by atoms with Crippen molar-refractivity contribution in [1.82, 2.24) is 0 Å². The van der Waals surface area contributed by atoms with E-state index in [1.807, 2.05) is 6.92 Å². The molecule has 17 heavy (non-hydrogen) atoms. The lowest BCUT2D eigenvalue weighted by molar-refractivity contribution is 0.737. The molecule has 0 saturated heterocycles. The van der Waals surface area contributed by atoms with Crippen LogP contribution in [0.15, 0.2) is 22.7 Å². The van der Waals surface area contributed by atoms with E-state index < -0.39 is 0 Å². The average Bonchev–Trinajstić information content (AvgIpc) is 3.00. The Labute approximate surface area is 112 Å². The van der Waals surface area contributed by atoms with Crippen molar-refractivity contribution in [2.75, 3.05) is 18.5 Å². The van der Waals surface area contributed by atoms with Gasteiger partial charge in [-0.05, 0) is 65.7 Å². The van der Waals surface area contributed by atoms with Gasteiger partial charge < -0.3 is 10.6 Å². The Morgan fingerprint density at radius 3 is 2.71 bits per heavy atom. The van der Waals surface area contributed by atoms with E-state index in [0.717, 1.165) is 12.3 Å². The smallest absolute Gasteiger partial charge is 0.0508 e. The SMILES string of the molecule is CC(N)Cc1ccc(N(C)CC2CC2)c(Br)c1. The standard InChI is InChI=1S/C14H21BrN2/c1-10(16)7-12-5-6-14(13(15)8-12)17(2)9-11-3-4-11/h5-6,8,10-11H,3-4,7,9,16H2,1-2H3. The normalized spacial score (nSPS) is 16.9. The molecule has 2 N–H and O–H groups in total. The fraction of sp³-hybridized carbons (Fsp3) is 0.571. The van der Waals surface area contributed by atoms with Gasteiger partial charge in [0.1, 0.15) is 0 Å². The summed E-state index contributed by atoms with van der Waals surface area (Å²) in [6.07, 6.45) is 3.72. The Kier molecular flexibility index (Phi) is 4.10. The van der Waals surface area contributed by atoms with Crippen LogP contribution in [-0.4, -0.2) is 19.6 Å². The summed E-state index contributed by atoms with van der Waals surface area (Å²) in [5.41, 5.74) is 8.40. The topological polar surface area (TPSA) is 29.3 Å². The van der Waals surface area contributed by atoms with Gasteiger partial charge in [-0.15, -0.1) is 0 Å². The lowest BCUT2D eigenvalue weighted by Crippen LogP contribution is -2.21. The Morgan fingerprint density at radius 2 is 2.18 bits per heavy atom. The number of halogens is 1. The highest BCUT2D eigenvalue weighted by Gasteiger charge is 2.23. The zero-order valence-corrected chi connectivity index (χ0v) is 12.2. The summed E-state index contributed by atoms with van der Waals surface area (Å²) in [6, 6.07) is 6.80. The summed E-state index contributed by atoms with van der Waals surface area (Å²) >= 11 is 3.67. The molecule has 1 aliphatic carbocycles. The lowest BCUT2D eigenvalue weighted by atomic mass is 10.1. The van der Waals surface area contributed by atoms with Gasteiger partial charge in [0, 0.05) is 24.1 Å². The van der Waals surface area contributed by atoms with Gasteiger partial charge in [-0.3, -0.25) is 0 Å². The minimum Gasteiger partial charge on any atom is -0.373 e. The number of rotatable bonds is 5. The zero-order valence-electron chi connectivity index (χ0n) is 10.6. The molecule has 1 aliphatic rings. The van der Waals surface area contributed by atoms with E-state index in [0.29, 0.717) is 0 Å². The molecule has 1 unspecified atom stereocenters. The molecule has 94 valence electrons. The number of hydrogen-bond donors (Lipinski definition) is 1. The van der Waals surface area contributed by atoms with Crippen LogP contribution in [0.4, 0.5) is 5.69 Å². The average molecular weight is 297 g/mol. The first-order valence-corrected chi connectivity index (χ1v) is 7.10. The van der Waals surface area contributed by atoms with E-state index >= 15 is 0 Å². The fourth-order valence-electron chi connectivity index (χ4n) is 2.14. The molecule has 1 fully saturated rings. The molecule has 0 amide bonds. The Morgan fingerprint density at radius 1 is 1.47 bits per heavy atom. The van der Waals surface area contributed by atoms with Crippen molar-refractivity contribution in [1.29, 1.82) is 0 Å². The van der Waals surface area contributed by atoms with E-state index in [4.69, 9.17) is 5.73 Å². The number of benzene rings is 1. The lowest BCUT2D eigenvalue weighted by Gasteiger charge is -2.21. The third-order valence-corrected chi connectivity index (χ3v) is 3.85. The van der Waals surface area contributed by atoms with Crippen LogP contribution in [0.5, 0.6) is 0 Å². The molecule has 2 nitrogen and oxygen atoms in total. The summed E-state index contributed by atoms with van der Waals surface area (Å²) in [5, 5.41) is 0. The minimum absolute atomic E-state index is 0.219. The summed E-state index contributed by atoms with van der Waals surface area (Å²) in [6.45, 7) is 3.21. The molecule has 1 atom stereocenters. The predicted octanol–water partition coefficient (Wildman–Crippen LogP) is 3.19. The van der Waals surface area contributed by atoms with Gasteiger partial charge in [0.15, 0.2) is 0 Å². The summed E-state index contributed by atoms with van der Waals surface area (Å²) < 4.78 is 1.18. The van der Waals surface area contributed by atoms with Crippen molar-refractivity contribution in [2.24, 2.45) is 11.7 Å². The first kappa shape index (κ1) is 12.9. The van der Waals surface area contributed by atoms with Gasteiger partial charge in [0.05, 0.1) is 5.69 Å². The molecule has 3 heteroatoms. The van der Waals surface area contributed by atoms with Gasteiger partial charge in [-0.2, -0.15) is 0 Å². The molecule has 1 aromatic carbocycles. The Hall–Kier alpha value is -0.540. The van der Waals surface area contributed by atoms with Crippen molar-refractivity contribution in [2.45, 2.75) is 32.2 Å². The van der Waals surface area contributed by atoms with Crippen LogP contribution < -0.4 is 10.6 Å². The number of anilines is 1. The molecule has 0 heterocycles. The van der Waals surface area contributed by atoms with E-state index in [1.165, 1.54) is 35.1 Å². The van der Waals surface area contributed by atoms with Crippen molar-refractivity contribution in [3.63, 3.8) is 0 Å². The molecule has 0 aliphatic heterocycles. The van der Waals surface area contributed by atoms with Gasteiger partial charge in [-0.1, -0.05) is 6.07 Å². The van der Waals surface area contributed by atoms with Gasteiger partial charge >= 0.3 is 0 Å². The van der Waals surface area contributed by atoms with Crippen molar-refractivity contribution in [3.8, 4) is 0 Å². The van der Waals surface area contributed by atoms with Crippen LogP contribution in [0.3, 0.4) is 0 Å². The van der Waals surface area contributed by atoms with E-state index in [9.17, 15) is 0 Å². The minimum atomic E-state index is 0.219. The first-order valence-electron chi connectivity index (χ1n) is 6.31. The Balaban J connectivity index is 2.06. The van der Waals surface area contributed by atoms with Crippen LogP contribution in [-0.2, 0) is 6.42 Å². The molecular formula is C14H21BrN2. The molecule has 0 aromatic heterocycles. The van der Waals surface area contributed by atoms with E-state index in [2.05, 4.69) is 46.1 Å². The van der Waals surface area contributed by atoms with Crippen LogP contribution in [0, 0.1) is 5.92 Å². The summed E-state index contributed by atoms with van der Waals surface area (Å²) in [5.74, 6) is 0.913. The zero-order chi connectivity index (χ0) is 12.4. The quantitative estimate of drug-likeness (QED) is 0.904. The van der Waals surface area contributed by atoms with Gasteiger partial charge in [0.2, 0.25) is 0 Å². The number of hydrogen-bond acceptors (Lipinski definition) is 2. The molecule has 0 radical (unpaired) electrons. The summed E-state index contributed by atoms with van der Waals surface area (Å²) in [4.78, 5) is 2.34. The summed E-state index contributed by atoms with van der Waals surface area (Å²) in [7, 11) is 2.17. The van der Waals surface area contributed by atoms with E-state index in [1.54, 1.807) is 0 Å². The van der Waals surface area contributed by atoms with Crippen molar-refractivity contribution in [3.05, 3.63) is 28.2 Å². The third-order valence-electron chi connectivity index (χ3n) is 3.21. The second kappa shape index (κ2) is 5.40. The molecule has 0 spiro atoms. The van der Waals surface area contributed by atoms with Crippen LogP contribution in [0.25, 0.3) is 0 Å². The molecule has 0 bridgehead atoms. The van der Waals surface area contributed by atoms with Crippen LogP contribution in [0.1, 0.15) is 25.3 Å². The number of nitrogens with two attached hydrogens (primary N) is 1. The molecule has 1 saturated carbocycles. The fourth-order valence-corrected chi connectivity index (χ4v) is 2.87. The molecular weight excluding hydrogens is 276 g/mol. The largest absolute Gasteiger partial charge is 0.373 e. The highest BCUT2D eigenvalue weighted by Crippen LogP contribution is 2.33.